The van der Waals surface area contributed by atoms with Gasteiger partial charge in [0.25, 0.3) is 6.02 Å². The minimum absolute atomic E-state index is 0.0123. The van der Waals surface area contributed by atoms with Crippen LogP contribution in [-0.2, 0) is 15.0 Å². The number of nitrogens with zero attached hydrogens (tertiary/aromatic N) is 1. The Balaban J connectivity index is 2.12. The van der Waals surface area contributed by atoms with Gasteiger partial charge in [-0.1, -0.05) is 18.2 Å². The Labute approximate surface area is 105 Å². The summed E-state index contributed by atoms with van der Waals surface area (Å²) >= 11 is 0. The molecule has 0 saturated carbocycles. The molecule has 1 fully saturated rings. The first-order valence-corrected chi connectivity index (χ1v) is 5.96. The fourth-order valence-corrected chi connectivity index (χ4v) is 2.80. The van der Waals surface area contributed by atoms with Crippen molar-refractivity contribution in [3.63, 3.8) is 0 Å². The van der Waals surface area contributed by atoms with Gasteiger partial charge in [0.2, 0.25) is 0 Å². The van der Waals surface area contributed by atoms with E-state index < -0.39 is 5.54 Å². The molecule has 3 unspecified atom stereocenters. The SMILES string of the molecule is CC1(c2ccccc2F)N=C(N)OC2COCC21. The number of benzene rings is 1. The second kappa shape index (κ2) is 3.95. The minimum atomic E-state index is -0.727. The lowest BCUT2D eigenvalue weighted by Crippen LogP contribution is -2.47. The summed E-state index contributed by atoms with van der Waals surface area (Å²) in [5, 5.41) is 0. The predicted octanol–water partition coefficient (Wildman–Crippen LogP) is 1.40. The number of amidine groups is 1. The summed E-state index contributed by atoms with van der Waals surface area (Å²) in [5.74, 6) is -0.286. The summed E-state index contributed by atoms with van der Waals surface area (Å²) in [5.41, 5.74) is 5.51. The van der Waals surface area contributed by atoms with Gasteiger partial charge in [-0.15, -0.1) is 0 Å². The van der Waals surface area contributed by atoms with Gasteiger partial charge >= 0.3 is 0 Å². The number of aliphatic imine (C=N–C) groups is 1. The number of rotatable bonds is 1. The van der Waals surface area contributed by atoms with E-state index in [2.05, 4.69) is 4.99 Å². The molecule has 0 aromatic heterocycles. The van der Waals surface area contributed by atoms with Crippen LogP contribution in [0, 0.1) is 11.7 Å². The summed E-state index contributed by atoms with van der Waals surface area (Å²) in [4.78, 5) is 4.34. The number of nitrogens with two attached hydrogens (primary N) is 1. The van der Waals surface area contributed by atoms with Crippen molar-refractivity contribution in [2.45, 2.75) is 18.6 Å². The molecule has 0 radical (unpaired) electrons. The third kappa shape index (κ3) is 1.58. The van der Waals surface area contributed by atoms with E-state index in [-0.39, 0.29) is 23.9 Å². The van der Waals surface area contributed by atoms with Crippen LogP contribution in [0.3, 0.4) is 0 Å². The highest BCUT2D eigenvalue weighted by molar-refractivity contribution is 5.73. The van der Waals surface area contributed by atoms with Crippen LogP contribution in [-0.4, -0.2) is 25.3 Å². The third-order valence-electron chi connectivity index (χ3n) is 3.78. The molecule has 3 atom stereocenters. The highest BCUT2D eigenvalue weighted by Gasteiger charge is 2.49. The molecule has 0 amide bonds. The Kier molecular flexibility index (Phi) is 2.52. The molecule has 5 heteroatoms. The van der Waals surface area contributed by atoms with Gasteiger partial charge in [-0.05, 0) is 13.0 Å². The number of hydrogen-bond donors (Lipinski definition) is 1. The maximum absolute atomic E-state index is 14.0. The summed E-state index contributed by atoms with van der Waals surface area (Å²) in [7, 11) is 0. The van der Waals surface area contributed by atoms with Crippen LogP contribution < -0.4 is 5.73 Å². The Morgan fingerprint density at radius 1 is 1.39 bits per heavy atom. The van der Waals surface area contributed by atoms with E-state index in [1.165, 1.54) is 6.07 Å². The summed E-state index contributed by atoms with van der Waals surface area (Å²) in [6.45, 7) is 2.87. The van der Waals surface area contributed by atoms with Gasteiger partial charge < -0.3 is 15.2 Å². The first-order valence-electron chi connectivity index (χ1n) is 5.96. The van der Waals surface area contributed by atoms with Gasteiger partial charge in [0.05, 0.1) is 24.7 Å². The van der Waals surface area contributed by atoms with Crippen molar-refractivity contribution in [2.24, 2.45) is 16.6 Å². The monoisotopic (exact) mass is 250 g/mol. The van der Waals surface area contributed by atoms with Gasteiger partial charge in [0.1, 0.15) is 11.9 Å². The van der Waals surface area contributed by atoms with Gasteiger partial charge in [-0.25, -0.2) is 9.38 Å². The molecule has 2 aliphatic heterocycles. The molecule has 1 saturated heterocycles. The zero-order valence-corrected chi connectivity index (χ0v) is 10.1. The quantitative estimate of drug-likeness (QED) is 0.819. The number of fused-ring (bicyclic) bond motifs is 1. The van der Waals surface area contributed by atoms with Gasteiger partial charge in [-0.2, -0.15) is 0 Å². The van der Waals surface area contributed by atoms with Gasteiger partial charge in [0.15, 0.2) is 0 Å². The Morgan fingerprint density at radius 2 is 2.17 bits per heavy atom. The molecule has 1 aromatic rings. The smallest absolute Gasteiger partial charge is 0.283 e. The molecule has 3 rings (SSSR count). The lowest BCUT2D eigenvalue weighted by molar-refractivity contribution is 0.0817. The third-order valence-corrected chi connectivity index (χ3v) is 3.78. The predicted molar refractivity (Wildman–Crippen MR) is 64.6 cm³/mol. The number of ether oxygens (including phenoxy) is 2. The molecule has 0 spiro atoms. The van der Waals surface area contributed by atoms with E-state index in [0.29, 0.717) is 18.8 Å². The van der Waals surface area contributed by atoms with E-state index in [4.69, 9.17) is 15.2 Å². The molecule has 2 aliphatic rings. The molecule has 18 heavy (non-hydrogen) atoms. The molecule has 2 N–H and O–H groups in total. The van der Waals surface area contributed by atoms with Crippen LogP contribution in [0.1, 0.15) is 12.5 Å². The second-order valence-electron chi connectivity index (χ2n) is 4.88. The topological polar surface area (TPSA) is 56.8 Å². The van der Waals surface area contributed by atoms with Crippen molar-refractivity contribution in [2.75, 3.05) is 13.2 Å². The molecule has 4 nitrogen and oxygen atoms in total. The lowest BCUT2D eigenvalue weighted by atomic mass is 9.77. The van der Waals surface area contributed by atoms with Crippen molar-refractivity contribution in [3.8, 4) is 0 Å². The van der Waals surface area contributed by atoms with Gasteiger partial charge in [-0.3, -0.25) is 0 Å². The molecule has 1 aromatic carbocycles. The molecule has 0 bridgehead atoms. The van der Waals surface area contributed by atoms with Crippen molar-refractivity contribution in [1.29, 1.82) is 0 Å². The molecule has 0 aliphatic carbocycles. The first-order chi connectivity index (χ1) is 8.61. The Bertz CT molecular complexity index is 506. The zero-order chi connectivity index (χ0) is 12.8. The van der Waals surface area contributed by atoms with Gasteiger partial charge in [0, 0.05) is 5.56 Å². The van der Waals surface area contributed by atoms with Crippen LogP contribution in [0.2, 0.25) is 0 Å². The molecular formula is C13H15FN2O2. The number of hydrogen-bond acceptors (Lipinski definition) is 4. The molecular weight excluding hydrogens is 235 g/mol. The van der Waals surface area contributed by atoms with E-state index in [1.54, 1.807) is 18.2 Å². The normalized spacial score (nSPS) is 34.7. The van der Waals surface area contributed by atoms with Crippen LogP contribution in [0.25, 0.3) is 0 Å². The summed E-state index contributed by atoms with van der Waals surface area (Å²) < 4.78 is 24.9. The van der Waals surface area contributed by atoms with Crippen molar-refractivity contribution in [3.05, 3.63) is 35.6 Å². The summed E-state index contributed by atoms with van der Waals surface area (Å²) in [6.07, 6.45) is -0.146. The zero-order valence-electron chi connectivity index (χ0n) is 10.1. The van der Waals surface area contributed by atoms with Crippen LogP contribution in [0.5, 0.6) is 0 Å². The highest BCUT2D eigenvalue weighted by Crippen LogP contribution is 2.42. The van der Waals surface area contributed by atoms with E-state index in [0.717, 1.165) is 0 Å². The molecule has 96 valence electrons. The van der Waals surface area contributed by atoms with Crippen molar-refractivity contribution < 1.29 is 13.9 Å². The maximum Gasteiger partial charge on any atom is 0.283 e. The first kappa shape index (κ1) is 11.5. The Hall–Kier alpha value is -1.62. The van der Waals surface area contributed by atoms with E-state index in [9.17, 15) is 4.39 Å². The lowest BCUT2D eigenvalue weighted by Gasteiger charge is -2.38. The largest absolute Gasteiger partial charge is 0.459 e. The fraction of sp³-hybridized carbons (Fsp3) is 0.462. The maximum atomic E-state index is 14.0. The standard InChI is InChI=1S/C13H15FN2O2/c1-13(8-4-2-3-5-10(8)14)9-6-17-7-11(9)18-12(15)16-13/h2-5,9,11H,6-7H2,1H3,(H2,15,16). The van der Waals surface area contributed by atoms with Crippen molar-refractivity contribution in [1.82, 2.24) is 0 Å². The second-order valence-corrected chi connectivity index (χ2v) is 4.88. The van der Waals surface area contributed by atoms with E-state index >= 15 is 0 Å². The fourth-order valence-electron chi connectivity index (χ4n) is 2.80. The minimum Gasteiger partial charge on any atom is -0.459 e. The average Bonchev–Trinajstić information content (AvgIpc) is 2.78. The van der Waals surface area contributed by atoms with Crippen LogP contribution >= 0.6 is 0 Å². The summed E-state index contributed by atoms with van der Waals surface area (Å²) in [6, 6.07) is 6.75. The van der Waals surface area contributed by atoms with Crippen LogP contribution in [0.4, 0.5) is 4.39 Å². The highest BCUT2D eigenvalue weighted by atomic mass is 19.1. The number of halogens is 1. The molecule has 2 heterocycles. The van der Waals surface area contributed by atoms with Crippen molar-refractivity contribution >= 4 is 6.02 Å². The Morgan fingerprint density at radius 3 is 2.94 bits per heavy atom. The van der Waals surface area contributed by atoms with E-state index in [1.807, 2.05) is 6.92 Å². The average molecular weight is 250 g/mol. The van der Waals surface area contributed by atoms with Crippen LogP contribution in [0.15, 0.2) is 29.3 Å².